The van der Waals surface area contributed by atoms with Crippen molar-refractivity contribution in [1.82, 2.24) is 10.3 Å². The minimum absolute atomic E-state index is 0.00815. The molecule has 0 bridgehead atoms. The average molecular weight is 422 g/mol. The van der Waals surface area contributed by atoms with Crippen LogP contribution in [-0.4, -0.2) is 24.2 Å². The molecule has 5 heteroatoms. The normalized spacial score (nSPS) is 12.6. The largest absolute Gasteiger partial charge is 0.449 e. The van der Waals surface area contributed by atoms with Crippen LogP contribution >= 0.6 is 0 Å². The fourth-order valence-corrected chi connectivity index (χ4v) is 4.28. The molecule has 5 nitrogen and oxygen atoms in total. The first-order chi connectivity index (χ1) is 15.7. The Morgan fingerprint density at radius 1 is 0.969 bits per heavy atom. The van der Waals surface area contributed by atoms with Crippen LogP contribution in [0.15, 0.2) is 89.9 Å². The van der Waals surface area contributed by atoms with Crippen molar-refractivity contribution in [1.29, 1.82) is 0 Å². The maximum absolute atomic E-state index is 12.2. The van der Waals surface area contributed by atoms with Gasteiger partial charge in [-0.2, -0.15) is 0 Å². The molecule has 1 amide bonds. The number of hydrogen-bond donors (Lipinski definition) is 2. The second kappa shape index (κ2) is 8.55. The van der Waals surface area contributed by atoms with E-state index in [9.17, 15) is 9.59 Å². The average Bonchev–Trinajstić information content (AvgIpc) is 3.14. The van der Waals surface area contributed by atoms with E-state index in [1.807, 2.05) is 48.6 Å². The topological polar surface area (TPSA) is 71.2 Å². The molecule has 0 atom stereocenters. The predicted molar refractivity (Wildman–Crippen MR) is 127 cm³/mol. The van der Waals surface area contributed by atoms with E-state index >= 15 is 0 Å². The Morgan fingerprint density at radius 2 is 1.69 bits per heavy atom. The predicted octanol–water partition coefficient (Wildman–Crippen LogP) is 5.08. The summed E-state index contributed by atoms with van der Waals surface area (Å²) in [5.74, 6) is 0.0449. The summed E-state index contributed by atoms with van der Waals surface area (Å²) in [7, 11) is 0. The first-order valence-corrected chi connectivity index (χ1v) is 10.6. The zero-order valence-corrected chi connectivity index (χ0v) is 17.4. The molecule has 2 N–H and O–H groups in total. The van der Waals surface area contributed by atoms with Gasteiger partial charge in [0, 0.05) is 35.6 Å². The Morgan fingerprint density at radius 3 is 2.44 bits per heavy atom. The van der Waals surface area contributed by atoms with Gasteiger partial charge in [0.2, 0.25) is 0 Å². The van der Waals surface area contributed by atoms with Crippen molar-refractivity contribution in [3.63, 3.8) is 0 Å². The van der Waals surface area contributed by atoms with E-state index in [0.29, 0.717) is 18.5 Å². The number of alkyl carbamates (subject to hydrolysis) is 1. The summed E-state index contributed by atoms with van der Waals surface area (Å²) in [6, 6.07) is 23.6. The lowest BCUT2D eigenvalue weighted by Gasteiger charge is -2.14. The highest BCUT2D eigenvalue weighted by molar-refractivity contribution is 5.81. The highest BCUT2D eigenvalue weighted by Crippen LogP contribution is 2.44. The van der Waals surface area contributed by atoms with Crippen molar-refractivity contribution >= 4 is 23.1 Å². The van der Waals surface area contributed by atoms with E-state index in [0.717, 1.165) is 11.1 Å². The lowest BCUT2D eigenvalue weighted by atomic mass is 9.98. The molecule has 32 heavy (non-hydrogen) atoms. The van der Waals surface area contributed by atoms with Gasteiger partial charge in [-0.05, 0) is 39.9 Å². The number of H-pyrrole nitrogens is 1. The molecule has 0 aliphatic heterocycles. The molecular formula is C27H22N2O3. The van der Waals surface area contributed by atoms with Gasteiger partial charge in [-0.3, -0.25) is 4.79 Å². The molecule has 0 unspecified atom stereocenters. The molecule has 5 rings (SSSR count). The van der Waals surface area contributed by atoms with Gasteiger partial charge in [-0.25, -0.2) is 4.79 Å². The van der Waals surface area contributed by atoms with Gasteiger partial charge in [0.05, 0.1) is 0 Å². The minimum Gasteiger partial charge on any atom is -0.449 e. The lowest BCUT2D eigenvalue weighted by Crippen LogP contribution is -2.26. The SMILES string of the molecule is O=C(NCC=Cc1ccc2c(=O)cc[nH]c2c1)OCC1c2ccccc2-c2ccccc21. The summed E-state index contributed by atoms with van der Waals surface area (Å²) in [6.45, 7) is 0.641. The lowest BCUT2D eigenvalue weighted by molar-refractivity contribution is 0.144. The van der Waals surface area contributed by atoms with Crippen LogP contribution in [0.3, 0.4) is 0 Å². The third-order valence-electron chi connectivity index (χ3n) is 5.80. The number of ether oxygens (including phenoxy) is 1. The van der Waals surface area contributed by atoms with E-state index < -0.39 is 6.09 Å². The number of carbonyl (C=O) groups excluding carboxylic acids is 1. The summed E-state index contributed by atoms with van der Waals surface area (Å²) in [5.41, 5.74) is 6.50. The smallest absolute Gasteiger partial charge is 0.407 e. The van der Waals surface area contributed by atoms with E-state index in [1.165, 1.54) is 28.3 Å². The summed E-state index contributed by atoms with van der Waals surface area (Å²) in [5, 5.41) is 3.42. The maximum Gasteiger partial charge on any atom is 0.407 e. The number of amides is 1. The molecule has 4 aromatic rings. The minimum atomic E-state index is -0.445. The number of aromatic amines is 1. The first-order valence-electron chi connectivity index (χ1n) is 10.6. The van der Waals surface area contributed by atoms with Crippen molar-refractivity contribution in [2.75, 3.05) is 13.2 Å². The monoisotopic (exact) mass is 422 g/mol. The van der Waals surface area contributed by atoms with Gasteiger partial charge in [0.25, 0.3) is 0 Å². The molecule has 1 heterocycles. The Hall–Kier alpha value is -4.12. The summed E-state index contributed by atoms with van der Waals surface area (Å²) in [6.07, 6.45) is 4.94. The molecule has 0 saturated heterocycles. The van der Waals surface area contributed by atoms with E-state index in [4.69, 9.17) is 4.74 Å². The Kier molecular flexibility index (Phi) is 5.30. The van der Waals surface area contributed by atoms with Crippen molar-refractivity contribution in [3.8, 4) is 11.1 Å². The Labute approximate surface area is 185 Å². The number of rotatable bonds is 5. The second-order valence-electron chi connectivity index (χ2n) is 7.76. The van der Waals surface area contributed by atoms with E-state index in [-0.39, 0.29) is 11.3 Å². The molecule has 1 aliphatic carbocycles. The number of benzene rings is 3. The van der Waals surface area contributed by atoms with E-state index in [2.05, 4.69) is 34.6 Å². The number of aromatic nitrogens is 1. The van der Waals surface area contributed by atoms with Crippen LogP contribution in [-0.2, 0) is 4.74 Å². The molecule has 1 aliphatic rings. The van der Waals surface area contributed by atoms with Crippen LogP contribution in [0.4, 0.5) is 4.79 Å². The molecule has 0 radical (unpaired) electrons. The number of pyridine rings is 1. The van der Waals surface area contributed by atoms with Crippen molar-refractivity contribution in [3.05, 3.63) is 112 Å². The van der Waals surface area contributed by atoms with Gasteiger partial charge >= 0.3 is 6.09 Å². The van der Waals surface area contributed by atoms with Crippen LogP contribution in [0, 0.1) is 0 Å². The molecular weight excluding hydrogens is 400 g/mol. The van der Waals surface area contributed by atoms with Crippen LogP contribution in [0.5, 0.6) is 0 Å². The molecule has 0 spiro atoms. The molecule has 158 valence electrons. The highest BCUT2D eigenvalue weighted by atomic mass is 16.5. The summed E-state index contributed by atoms with van der Waals surface area (Å²) in [4.78, 5) is 27.1. The van der Waals surface area contributed by atoms with Crippen LogP contribution < -0.4 is 10.7 Å². The van der Waals surface area contributed by atoms with Gasteiger partial charge in [-0.1, -0.05) is 66.7 Å². The summed E-state index contributed by atoms with van der Waals surface area (Å²) < 4.78 is 5.54. The zero-order chi connectivity index (χ0) is 21.9. The van der Waals surface area contributed by atoms with Crippen molar-refractivity contribution < 1.29 is 9.53 Å². The molecule has 0 saturated carbocycles. The van der Waals surface area contributed by atoms with Gasteiger partial charge < -0.3 is 15.0 Å². The fourth-order valence-electron chi connectivity index (χ4n) is 4.28. The quantitative estimate of drug-likeness (QED) is 0.471. The van der Waals surface area contributed by atoms with Crippen LogP contribution in [0.25, 0.3) is 28.1 Å². The first kappa shape index (κ1) is 19.8. The Balaban J connectivity index is 1.18. The van der Waals surface area contributed by atoms with Crippen LogP contribution in [0.2, 0.25) is 0 Å². The number of nitrogens with one attached hydrogen (secondary N) is 2. The molecule has 3 aromatic carbocycles. The Bertz CT molecular complexity index is 1340. The maximum atomic E-state index is 12.2. The number of hydrogen-bond acceptors (Lipinski definition) is 3. The van der Waals surface area contributed by atoms with Crippen LogP contribution in [0.1, 0.15) is 22.6 Å². The van der Waals surface area contributed by atoms with Crippen molar-refractivity contribution in [2.45, 2.75) is 5.92 Å². The molecule has 1 aromatic heterocycles. The van der Waals surface area contributed by atoms with Gasteiger partial charge in [0.15, 0.2) is 5.43 Å². The molecule has 0 fully saturated rings. The fraction of sp³-hybridized carbons (Fsp3) is 0.111. The number of fused-ring (bicyclic) bond motifs is 4. The zero-order valence-electron chi connectivity index (χ0n) is 17.4. The summed E-state index contributed by atoms with van der Waals surface area (Å²) >= 11 is 0. The van der Waals surface area contributed by atoms with Gasteiger partial charge in [0.1, 0.15) is 6.61 Å². The van der Waals surface area contributed by atoms with E-state index in [1.54, 1.807) is 12.3 Å². The highest BCUT2D eigenvalue weighted by Gasteiger charge is 2.28. The third kappa shape index (κ3) is 3.81. The third-order valence-corrected chi connectivity index (χ3v) is 5.80. The van der Waals surface area contributed by atoms with Gasteiger partial charge in [-0.15, -0.1) is 0 Å². The number of carbonyl (C=O) groups is 1. The second-order valence-corrected chi connectivity index (χ2v) is 7.76. The van der Waals surface area contributed by atoms with Crippen molar-refractivity contribution in [2.24, 2.45) is 0 Å². The standard InChI is InChI=1S/C27H22N2O3/c30-26-13-15-28-25-16-18(11-12-23(25)26)6-5-14-29-27(31)32-17-24-21-9-3-1-7-19(21)20-8-2-4-10-22(20)24/h1-13,15-16,24H,14,17H2,(H,28,30)(H,29,31).